The molecule has 1 heterocycles. The number of hydrogen-bond donors (Lipinski definition) is 2. The van der Waals surface area contributed by atoms with Crippen LogP contribution in [0.5, 0.6) is 5.75 Å². The van der Waals surface area contributed by atoms with Crippen molar-refractivity contribution >= 4 is 40.9 Å². The van der Waals surface area contributed by atoms with Crippen LogP contribution in [-0.4, -0.2) is 22.0 Å². The van der Waals surface area contributed by atoms with E-state index < -0.39 is 11.8 Å². The van der Waals surface area contributed by atoms with Crippen molar-refractivity contribution in [3.8, 4) is 5.75 Å². The predicted octanol–water partition coefficient (Wildman–Crippen LogP) is 5.44. The maximum atomic E-state index is 13.5. The third-order valence-corrected chi connectivity index (χ3v) is 6.05. The standard InChI is InChI=1S/C27H32N2O3S/c1-15-9-10-16(2)21(11-15)29-24(32)18(23(31)28-25(29)33)12-17-13-19(26(3,4)5)22(30)20(14-17)27(6,7)8/h9-14,30H,1-8H3,(H,28,31,33)/b18-12+. The third kappa shape index (κ3) is 4.86. The van der Waals surface area contributed by atoms with Crippen LogP contribution >= 0.6 is 12.2 Å². The molecule has 0 bridgehead atoms. The molecule has 0 atom stereocenters. The quantitative estimate of drug-likeness (QED) is 0.353. The molecule has 2 N–H and O–H groups in total. The first-order valence-corrected chi connectivity index (χ1v) is 11.4. The van der Waals surface area contributed by atoms with E-state index in [1.54, 1.807) is 6.08 Å². The number of phenolic OH excluding ortho intramolecular Hbond substituents is 1. The van der Waals surface area contributed by atoms with Crippen molar-refractivity contribution in [3.05, 3.63) is 63.7 Å². The summed E-state index contributed by atoms with van der Waals surface area (Å²) in [6, 6.07) is 9.45. The maximum absolute atomic E-state index is 13.5. The molecular formula is C27H32N2O3S. The molecular weight excluding hydrogens is 432 g/mol. The molecule has 2 aromatic rings. The van der Waals surface area contributed by atoms with Crippen LogP contribution < -0.4 is 10.2 Å². The van der Waals surface area contributed by atoms with Crippen LogP contribution in [0.15, 0.2) is 35.9 Å². The zero-order chi connectivity index (χ0) is 24.9. The van der Waals surface area contributed by atoms with Crippen molar-refractivity contribution in [3.63, 3.8) is 0 Å². The van der Waals surface area contributed by atoms with E-state index in [2.05, 4.69) is 5.32 Å². The Bertz CT molecular complexity index is 1160. The monoisotopic (exact) mass is 464 g/mol. The van der Waals surface area contributed by atoms with Crippen LogP contribution in [0.1, 0.15) is 69.4 Å². The second kappa shape index (κ2) is 8.41. The lowest BCUT2D eigenvalue weighted by atomic mass is 9.78. The second-order valence-electron chi connectivity index (χ2n) is 10.7. The van der Waals surface area contributed by atoms with Crippen LogP contribution in [0.3, 0.4) is 0 Å². The Kier molecular flexibility index (Phi) is 6.28. The van der Waals surface area contributed by atoms with Gasteiger partial charge in [0.25, 0.3) is 11.8 Å². The normalized spacial score (nSPS) is 16.4. The Hall–Kier alpha value is -2.99. The van der Waals surface area contributed by atoms with E-state index in [0.29, 0.717) is 11.3 Å². The number of carbonyl (C=O) groups excluding carboxylic acids is 2. The number of phenols is 1. The summed E-state index contributed by atoms with van der Waals surface area (Å²) in [5.41, 5.74) is 4.03. The predicted molar refractivity (Wildman–Crippen MR) is 138 cm³/mol. The van der Waals surface area contributed by atoms with Gasteiger partial charge in [-0.25, -0.2) is 0 Å². The summed E-state index contributed by atoms with van der Waals surface area (Å²) in [5, 5.41) is 13.7. The first-order chi connectivity index (χ1) is 15.1. The molecule has 2 aromatic carbocycles. The summed E-state index contributed by atoms with van der Waals surface area (Å²) >= 11 is 5.35. The first kappa shape index (κ1) is 24.6. The maximum Gasteiger partial charge on any atom is 0.270 e. The molecule has 0 aromatic heterocycles. The zero-order valence-electron chi connectivity index (χ0n) is 20.6. The van der Waals surface area contributed by atoms with E-state index in [4.69, 9.17) is 12.2 Å². The molecule has 5 nitrogen and oxygen atoms in total. The molecule has 1 aliphatic rings. The molecule has 1 fully saturated rings. The molecule has 3 rings (SSSR count). The van der Waals surface area contributed by atoms with Crippen LogP contribution in [0.4, 0.5) is 5.69 Å². The Morgan fingerprint density at radius 1 is 0.939 bits per heavy atom. The number of amides is 2. The van der Waals surface area contributed by atoms with E-state index >= 15 is 0 Å². The number of rotatable bonds is 2. The van der Waals surface area contributed by atoms with Gasteiger partial charge in [-0.2, -0.15) is 0 Å². The fourth-order valence-electron chi connectivity index (χ4n) is 3.89. The number of aromatic hydroxyl groups is 1. The Morgan fingerprint density at radius 2 is 1.48 bits per heavy atom. The fraction of sp³-hybridized carbons (Fsp3) is 0.370. The first-order valence-electron chi connectivity index (χ1n) is 11.0. The van der Waals surface area contributed by atoms with E-state index in [9.17, 15) is 14.7 Å². The lowest BCUT2D eigenvalue weighted by Gasteiger charge is -2.30. The molecule has 6 heteroatoms. The molecule has 174 valence electrons. The van der Waals surface area contributed by atoms with E-state index in [0.717, 1.165) is 22.3 Å². The van der Waals surface area contributed by atoms with E-state index in [1.807, 2.05) is 85.7 Å². The SMILES string of the molecule is Cc1ccc(C)c(N2C(=O)/C(=C/c3cc(C(C)(C)C)c(O)c(C(C)(C)C)c3)C(=O)NC2=S)c1. The van der Waals surface area contributed by atoms with Gasteiger partial charge in [-0.3, -0.25) is 19.8 Å². The number of nitrogens with zero attached hydrogens (tertiary/aromatic N) is 1. The number of hydrogen-bond acceptors (Lipinski definition) is 4. The van der Waals surface area contributed by atoms with Gasteiger partial charge in [0.05, 0.1) is 5.69 Å². The van der Waals surface area contributed by atoms with Crippen molar-refractivity contribution in [1.82, 2.24) is 5.32 Å². The van der Waals surface area contributed by atoms with Crippen LogP contribution in [0.2, 0.25) is 0 Å². The molecule has 0 spiro atoms. The number of anilines is 1. The summed E-state index contributed by atoms with van der Waals surface area (Å²) in [4.78, 5) is 27.7. The third-order valence-electron chi connectivity index (χ3n) is 5.77. The van der Waals surface area contributed by atoms with Crippen LogP contribution in [0, 0.1) is 13.8 Å². The Morgan fingerprint density at radius 3 is 2.00 bits per heavy atom. The number of thiocarbonyl (C=S) groups is 1. The highest BCUT2D eigenvalue weighted by Gasteiger charge is 2.35. The van der Waals surface area contributed by atoms with Gasteiger partial charge in [0.2, 0.25) is 0 Å². The van der Waals surface area contributed by atoms with Gasteiger partial charge in [0, 0.05) is 11.1 Å². The van der Waals surface area contributed by atoms with Crippen molar-refractivity contribution in [2.24, 2.45) is 0 Å². The molecule has 0 aliphatic carbocycles. The van der Waals surface area contributed by atoms with Crippen molar-refractivity contribution in [1.29, 1.82) is 0 Å². The minimum Gasteiger partial charge on any atom is -0.507 e. The van der Waals surface area contributed by atoms with E-state index in [1.165, 1.54) is 4.90 Å². The van der Waals surface area contributed by atoms with Crippen molar-refractivity contribution in [2.75, 3.05) is 4.90 Å². The Balaban J connectivity index is 2.19. The molecule has 1 saturated heterocycles. The number of aryl methyl sites for hydroxylation is 2. The average molecular weight is 465 g/mol. The summed E-state index contributed by atoms with van der Waals surface area (Å²) in [6.07, 6.45) is 1.58. The summed E-state index contributed by atoms with van der Waals surface area (Å²) in [6.45, 7) is 15.9. The highest BCUT2D eigenvalue weighted by molar-refractivity contribution is 7.80. The summed E-state index contributed by atoms with van der Waals surface area (Å²) < 4.78 is 0. The molecule has 0 radical (unpaired) electrons. The lowest BCUT2D eigenvalue weighted by Crippen LogP contribution is -2.54. The highest BCUT2D eigenvalue weighted by atomic mass is 32.1. The largest absolute Gasteiger partial charge is 0.507 e. The molecule has 0 saturated carbocycles. The van der Waals surface area contributed by atoms with Gasteiger partial charge >= 0.3 is 0 Å². The molecule has 0 unspecified atom stereocenters. The summed E-state index contributed by atoms with van der Waals surface area (Å²) in [5.74, 6) is -0.760. The topological polar surface area (TPSA) is 69.6 Å². The van der Waals surface area contributed by atoms with Gasteiger partial charge in [-0.15, -0.1) is 0 Å². The highest BCUT2D eigenvalue weighted by Crippen LogP contribution is 2.40. The smallest absolute Gasteiger partial charge is 0.270 e. The fourth-order valence-corrected chi connectivity index (χ4v) is 4.16. The summed E-state index contributed by atoms with van der Waals surface area (Å²) in [7, 11) is 0. The molecule has 1 aliphatic heterocycles. The number of nitrogens with one attached hydrogen (secondary N) is 1. The minimum atomic E-state index is -0.533. The molecule has 33 heavy (non-hydrogen) atoms. The lowest BCUT2D eigenvalue weighted by molar-refractivity contribution is -0.122. The van der Waals surface area contributed by atoms with Crippen LogP contribution in [0.25, 0.3) is 6.08 Å². The number of benzene rings is 2. The average Bonchev–Trinajstić information content (AvgIpc) is 2.66. The van der Waals surface area contributed by atoms with Gasteiger partial charge < -0.3 is 5.11 Å². The zero-order valence-corrected chi connectivity index (χ0v) is 21.4. The van der Waals surface area contributed by atoms with Gasteiger partial charge in [0.1, 0.15) is 11.3 Å². The number of carbonyl (C=O) groups is 2. The Labute approximate surface area is 201 Å². The van der Waals surface area contributed by atoms with Gasteiger partial charge in [0.15, 0.2) is 5.11 Å². The van der Waals surface area contributed by atoms with Crippen molar-refractivity contribution < 1.29 is 14.7 Å². The van der Waals surface area contributed by atoms with Gasteiger partial charge in [-0.05, 0) is 77.9 Å². The second-order valence-corrected chi connectivity index (χ2v) is 11.1. The minimum absolute atomic E-state index is 0.00471. The molecule has 2 amide bonds. The van der Waals surface area contributed by atoms with Crippen molar-refractivity contribution in [2.45, 2.75) is 66.2 Å². The van der Waals surface area contributed by atoms with E-state index in [-0.39, 0.29) is 27.3 Å². The van der Waals surface area contributed by atoms with Gasteiger partial charge in [-0.1, -0.05) is 53.7 Å². The van der Waals surface area contributed by atoms with Crippen LogP contribution in [-0.2, 0) is 20.4 Å².